The lowest BCUT2D eigenvalue weighted by molar-refractivity contribution is 0.0946. The summed E-state index contributed by atoms with van der Waals surface area (Å²) in [6.07, 6.45) is 1.76. The second-order valence-electron chi connectivity index (χ2n) is 4.63. The van der Waals surface area contributed by atoms with Crippen molar-refractivity contribution < 1.29 is 18.3 Å². The Morgan fingerprint density at radius 1 is 1.42 bits per heavy atom. The van der Waals surface area contributed by atoms with E-state index in [9.17, 15) is 13.6 Å². The van der Waals surface area contributed by atoms with Crippen LogP contribution in [0, 0.1) is 17.6 Å². The summed E-state index contributed by atoms with van der Waals surface area (Å²) in [6, 6.07) is 1.63. The van der Waals surface area contributed by atoms with E-state index >= 15 is 0 Å². The lowest BCUT2D eigenvalue weighted by Crippen LogP contribution is -2.27. The molecule has 4 nitrogen and oxygen atoms in total. The number of anilines is 1. The average molecular weight is 270 g/mol. The largest absolute Gasteiger partial charge is 0.396 e. The molecule has 2 rings (SSSR count). The number of nitrogen functional groups attached to an aromatic ring is 1. The molecule has 0 bridgehead atoms. The van der Waals surface area contributed by atoms with E-state index in [0.29, 0.717) is 25.1 Å². The zero-order valence-corrected chi connectivity index (χ0v) is 10.4. The molecular weight excluding hydrogens is 254 g/mol. The monoisotopic (exact) mass is 270 g/mol. The highest BCUT2D eigenvalue weighted by Gasteiger charge is 2.17. The van der Waals surface area contributed by atoms with Gasteiger partial charge in [0.1, 0.15) is 11.6 Å². The first-order chi connectivity index (χ1) is 9.08. The topological polar surface area (TPSA) is 64.4 Å². The molecule has 1 saturated heterocycles. The van der Waals surface area contributed by atoms with Crippen LogP contribution < -0.4 is 11.1 Å². The fourth-order valence-corrected chi connectivity index (χ4v) is 2.04. The summed E-state index contributed by atoms with van der Waals surface area (Å²) >= 11 is 0. The van der Waals surface area contributed by atoms with Crippen LogP contribution in [0.5, 0.6) is 0 Å². The standard InChI is InChI=1S/C13H16F2N2O2/c14-10-6-11(15)12(16)5-9(10)13(18)17-3-1-8-2-4-19-7-8/h5-6,8H,1-4,7,16H2,(H,17,18). The van der Waals surface area contributed by atoms with Gasteiger partial charge in [0.05, 0.1) is 11.3 Å². The summed E-state index contributed by atoms with van der Waals surface area (Å²) in [6.45, 7) is 1.89. The molecule has 1 aliphatic heterocycles. The van der Waals surface area contributed by atoms with Crippen LogP contribution in [0.1, 0.15) is 23.2 Å². The maximum Gasteiger partial charge on any atom is 0.254 e. The molecule has 19 heavy (non-hydrogen) atoms. The summed E-state index contributed by atoms with van der Waals surface area (Å²) in [5, 5.41) is 2.60. The Bertz CT molecular complexity index is 474. The fourth-order valence-electron chi connectivity index (χ4n) is 2.04. The van der Waals surface area contributed by atoms with E-state index in [4.69, 9.17) is 10.5 Å². The minimum absolute atomic E-state index is 0.235. The number of ether oxygens (including phenoxy) is 1. The van der Waals surface area contributed by atoms with Crippen LogP contribution in [0.4, 0.5) is 14.5 Å². The number of halogens is 2. The summed E-state index contributed by atoms with van der Waals surface area (Å²) in [5.74, 6) is -1.92. The van der Waals surface area contributed by atoms with Crippen molar-refractivity contribution in [1.29, 1.82) is 0 Å². The number of benzene rings is 1. The molecule has 1 amide bonds. The number of hydrogen-bond donors (Lipinski definition) is 2. The molecule has 104 valence electrons. The van der Waals surface area contributed by atoms with E-state index in [1.807, 2.05) is 0 Å². The Balaban J connectivity index is 1.90. The van der Waals surface area contributed by atoms with Crippen LogP contribution in [0.2, 0.25) is 0 Å². The Hall–Kier alpha value is -1.69. The van der Waals surface area contributed by atoms with Crippen molar-refractivity contribution >= 4 is 11.6 Å². The molecular formula is C13H16F2N2O2. The van der Waals surface area contributed by atoms with Crippen molar-refractivity contribution in [2.75, 3.05) is 25.5 Å². The highest BCUT2D eigenvalue weighted by molar-refractivity contribution is 5.95. The second-order valence-corrected chi connectivity index (χ2v) is 4.63. The van der Waals surface area contributed by atoms with Gasteiger partial charge < -0.3 is 15.8 Å². The van der Waals surface area contributed by atoms with E-state index in [0.717, 1.165) is 25.5 Å². The van der Waals surface area contributed by atoms with Gasteiger partial charge in [0.25, 0.3) is 5.91 Å². The number of amides is 1. The van der Waals surface area contributed by atoms with Crippen LogP contribution in [0.3, 0.4) is 0 Å². The van der Waals surface area contributed by atoms with Gasteiger partial charge in [-0.05, 0) is 24.8 Å². The number of rotatable bonds is 4. The molecule has 1 unspecified atom stereocenters. The van der Waals surface area contributed by atoms with Crippen LogP contribution in [-0.2, 0) is 4.74 Å². The van der Waals surface area contributed by atoms with Crippen LogP contribution in [0.25, 0.3) is 0 Å². The Kier molecular flexibility index (Phi) is 4.31. The normalized spacial score (nSPS) is 18.5. The van der Waals surface area contributed by atoms with Crippen molar-refractivity contribution in [1.82, 2.24) is 5.32 Å². The smallest absolute Gasteiger partial charge is 0.254 e. The third kappa shape index (κ3) is 3.41. The maximum absolute atomic E-state index is 13.4. The Labute approximate surface area is 109 Å². The SMILES string of the molecule is Nc1cc(C(=O)NCCC2CCOC2)c(F)cc1F. The maximum atomic E-state index is 13.4. The fraction of sp³-hybridized carbons (Fsp3) is 0.462. The van der Waals surface area contributed by atoms with Gasteiger partial charge in [-0.1, -0.05) is 0 Å². The van der Waals surface area contributed by atoms with Gasteiger partial charge in [-0.25, -0.2) is 8.78 Å². The third-order valence-corrected chi connectivity index (χ3v) is 3.19. The van der Waals surface area contributed by atoms with Gasteiger partial charge in [0, 0.05) is 25.8 Å². The van der Waals surface area contributed by atoms with E-state index in [1.165, 1.54) is 0 Å². The van der Waals surface area contributed by atoms with E-state index in [1.54, 1.807) is 0 Å². The van der Waals surface area contributed by atoms with Gasteiger partial charge in [-0.2, -0.15) is 0 Å². The first-order valence-corrected chi connectivity index (χ1v) is 6.18. The van der Waals surface area contributed by atoms with Gasteiger partial charge in [-0.15, -0.1) is 0 Å². The molecule has 1 aromatic rings. The summed E-state index contributed by atoms with van der Waals surface area (Å²) in [7, 11) is 0. The second kappa shape index (κ2) is 5.97. The average Bonchev–Trinajstić information content (AvgIpc) is 2.86. The predicted molar refractivity (Wildman–Crippen MR) is 66.6 cm³/mol. The van der Waals surface area contributed by atoms with E-state index in [-0.39, 0.29) is 11.3 Å². The number of hydrogen-bond acceptors (Lipinski definition) is 3. The molecule has 0 saturated carbocycles. The molecule has 0 aromatic heterocycles. The molecule has 1 aliphatic rings. The summed E-state index contributed by atoms with van der Waals surface area (Å²) in [5.41, 5.74) is 4.84. The molecule has 1 fully saturated rings. The van der Waals surface area contributed by atoms with Gasteiger partial charge >= 0.3 is 0 Å². The van der Waals surface area contributed by atoms with Crippen LogP contribution in [0.15, 0.2) is 12.1 Å². The number of nitrogens with two attached hydrogens (primary N) is 1. The van der Waals surface area contributed by atoms with E-state index in [2.05, 4.69) is 5.32 Å². The highest BCUT2D eigenvalue weighted by Crippen LogP contribution is 2.17. The predicted octanol–water partition coefficient (Wildman–Crippen LogP) is 1.70. The molecule has 1 aromatic carbocycles. The van der Waals surface area contributed by atoms with Crippen molar-refractivity contribution in [3.63, 3.8) is 0 Å². The summed E-state index contributed by atoms with van der Waals surface area (Å²) < 4.78 is 31.6. The Morgan fingerprint density at radius 2 is 2.21 bits per heavy atom. The molecule has 0 spiro atoms. The minimum Gasteiger partial charge on any atom is -0.396 e. The molecule has 0 radical (unpaired) electrons. The first-order valence-electron chi connectivity index (χ1n) is 6.18. The lowest BCUT2D eigenvalue weighted by Gasteiger charge is -2.10. The first kappa shape index (κ1) is 13.7. The zero-order valence-electron chi connectivity index (χ0n) is 10.4. The van der Waals surface area contributed by atoms with Crippen LogP contribution in [-0.4, -0.2) is 25.7 Å². The van der Waals surface area contributed by atoms with Gasteiger partial charge in [-0.3, -0.25) is 4.79 Å². The third-order valence-electron chi connectivity index (χ3n) is 3.19. The zero-order chi connectivity index (χ0) is 13.8. The molecule has 1 atom stereocenters. The van der Waals surface area contributed by atoms with E-state index < -0.39 is 17.5 Å². The van der Waals surface area contributed by atoms with Crippen molar-refractivity contribution in [2.24, 2.45) is 5.92 Å². The molecule has 1 heterocycles. The summed E-state index contributed by atoms with van der Waals surface area (Å²) in [4.78, 5) is 11.7. The molecule has 6 heteroatoms. The van der Waals surface area contributed by atoms with Crippen molar-refractivity contribution in [2.45, 2.75) is 12.8 Å². The Morgan fingerprint density at radius 3 is 2.89 bits per heavy atom. The highest BCUT2D eigenvalue weighted by atomic mass is 19.1. The quantitative estimate of drug-likeness (QED) is 0.818. The number of nitrogens with one attached hydrogen (secondary N) is 1. The van der Waals surface area contributed by atoms with Gasteiger partial charge in [0.15, 0.2) is 0 Å². The minimum atomic E-state index is -0.909. The molecule has 0 aliphatic carbocycles. The lowest BCUT2D eigenvalue weighted by atomic mass is 10.1. The van der Waals surface area contributed by atoms with Crippen molar-refractivity contribution in [3.05, 3.63) is 29.3 Å². The number of carbonyl (C=O) groups is 1. The van der Waals surface area contributed by atoms with Crippen LogP contribution >= 0.6 is 0 Å². The van der Waals surface area contributed by atoms with Crippen molar-refractivity contribution in [3.8, 4) is 0 Å². The van der Waals surface area contributed by atoms with Gasteiger partial charge in [0.2, 0.25) is 0 Å². The number of carbonyl (C=O) groups excluding carboxylic acids is 1. The molecule has 3 N–H and O–H groups in total.